The van der Waals surface area contributed by atoms with Crippen molar-refractivity contribution >= 4 is 39.3 Å². The van der Waals surface area contributed by atoms with E-state index in [1.54, 1.807) is 12.1 Å². The highest BCUT2D eigenvalue weighted by Crippen LogP contribution is 2.37. The second-order valence-electron chi connectivity index (χ2n) is 6.13. The van der Waals surface area contributed by atoms with Crippen LogP contribution in [0.5, 0.6) is 0 Å². The number of nitrogens with zero attached hydrogens (tertiary/aromatic N) is 1. The Morgan fingerprint density at radius 2 is 1.83 bits per heavy atom. The third-order valence-corrected chi connectivity index (χ3v) is 5.10. The minimum atomic E-state index is -0.196. The fraction of sp³-hybridized carbons (Fsp3) is 0.471. The van der Waals surface area contributed by atoms with E-state index in [4.69, 9.17) is 0 Å². The van der Waals surface area contributed by atoms with Crippen LogP contribution < -0.4 is 5.32 Å². The summed E-state index contributed by atoms with van der Waals surface area (Å²) in [5.41, 5.74) is 0.692. The van der Waals surface area contributed by atoms with Gasteiger partial charge in [0.05, 0.1) is 11.8 Å². The number of carbonyl (C=O) groups is 3. The van der Waals surface area contributed by atoms with Crippen LogP contribution in [0.15, 0.2) is 28.7 Å². The number of carbonyl (C=O) groups excluding carboxylic acids is 3. The van der Waals surface area contributed by atoms with Gasteiger partial charge in [0.25, 0.3) is 0 Å². The second kappa shape index (κ2) is 6.83. The summed E-state index contributed by atoms with van der Waals surface area (Å²) < 4.78 is 0.879. The van der Waals surface area contributed by atoms with Crippen molar-refractivity contribution in [3.05, 3.63) is 28.7 Å². The van der Waals surface area contributed by atoms with E-state index in [1.165, 1.54) is 4.90 Å². The van der Waals surface area contributed by atoms with Gasteiger partial charge in [-0.25, -0.2) is 0 Å². The number of nitrogens with one attached hydrogen (secondary N) is 1. The van der Waals surface area contributed by atoms with Crippen molar-refractivity contribution in [3.8, 4) is 0 Å². The van der Waals surface area contributed by atoms with Gasteiger partial charge in [-0.3, -0.25) is 19.3 Å². The predicted molar refractivity (Wildman–Crippen MR) is 89.6 cm³/mol. The summed E-state index contributed by atoms with van der Waals surface area (Å²) in [6.07, 6.45) is 3.75. The highest BCUT2D eigenvalue weighted by molar-refractivity contribution is 9.10. The molecule has 1 aromatic rings. The van der Waals surface area contributed by atoms with Crippen molar-refractivity contribution in [3.63, 3.8) is 0 Å². The topological polar surface area (TPSA) is 66.5 Å². The van der Waals surface area contributed by atoms with Crippen LogP contribution in [0.25, 0.3) is 0 Å². The first-order valence-corrected chi connectivity index (χ1v) is 8.76. The molecule has 122 valence electrons. The number of rotatable bonds is 4. The lowest BCUT2D eigenvalue weighted by atomic mass is 9.81. The van der Waals surface area contributed by atoms with Gasteiger partial charge in [0.15, 0.2) is 0 Å². The summed E-state index contributed by atoms with van der Waals surface area (Å²) in [5, 5.41) is 2.78. The summed E-state index contributed by atoms with van der Waals surface area (Å²) >= 11 is 3.35. The SMILES string of the molecule is O=C(CCN1C(=O)[C@H]2CCCC[C@H]2C1=O)Nc1cccc(Br)c1. The third-order valence-electron chi connectivity index (χ3n) is 4.60. The average molecular weight is 379 g/mol. The van der Waals surface area contributed by atoms with Crippen molar-refractivity contribution in [2.45, 2.75) is 32.1 Å². The summed E-state index contributed by atoms with van der Waals surface area (Å²) in [6, 6.07) is 7.30. The number of anilines is 1. The maximum absolute atomic E-state index is 12.3. The zero-order valence-electron chi connectivity index (χ0n) is 12.8. The van der Waals surface area contributed by atoms with E-state index >= 15 is 0 Å². The maximum Gasteiger partial charge on any atom is 0.233 e. The van der Waals surface area contributed by atoms with E-state index in [0.29, 0.717) is 5.69 Å². The number of benzene rings is 1. The van der Waals surface area contributed by atoms with Crippen molar-refractivity contribution in [2.24, 2.45) is 11.8 Å². The molecule has 0 bridgehead atoms. The Kier molecular flexibility index (Phi) is 4.80. The molecular formula is C17H19BrN2O3. The molecule has 2 atom stereocenters. The molecule has 0 aromatic heterocycles. The summed E-state index contributed by atoms with van der Waals surface area (Å²) in [7, 11) is 0. The molecule has 1 N–H and O–H groups in total. The molecule has 1 saturated carbocycles. The van der Waals surface area contributed by atoms with Crippen LogP contribution >= 0.6 is 15.9 Å². The van der Waals surface area contributed by atoms with E-state index in [1.807, 2.05) is 12.1 Å². The first kappa shape index (κ1) is 16.2. The number of hydrogen-bond donors (Lipinski definition) is 1. The Hall–Kier alpha value is -1.69. The van der Waals surface area contributed by atoms with Crippen LogP contribution in [-0.2, 0) is 14.4 Å². The lowest BCUT2D eigenvalue weighted by molar-refractivity contribution is -0.140. The van der Waals surface area contributed by atoms with Gasteiger partial charge in [-0.05, 0) is 31.0 Å². The summed E-state index contributed by atoms with van der Waals surface area (Å²) in [6.45, 7) is 0.171. The molecular weight excluding hydrogens is 360 g/mol. The maximum atomic E-state index is 12.3. The van der Waals surface area contributed by atoms with E-state index < -0.39 is 0 Å². The molecule has 3 amide bonds. The highest BCUT2D eigenvalue weighted by atomic mass is 79.9. The third kappa shape index (κ3) is 3.47. The summed E-state index contributed by atoms with van der Waals surface area (Å²) in [4.78, 5) is 38.0. The number of hydrogen-bond acceptors (Lipinski definition) is 3. The predicted octanol–water partition coefficient (Wildman–Crippen LogP) is 2.95. The Morgan fingerprint density at radius 1 is 1.17 bits per heavy atom. The number of amides is 3. The van der Waals surface area contributed by atoms with E-state index in [0.717, 1.165) is 30.2 Å². The quantitative estimate of drug-likeness (QED) is 0.818. The minimum absolute atomic E-state index is 0.0880. The smallest absolute Gasteiger partial charge is 0.233 e. The van der Waals surface area contributed by atoms with Crippen LogP contribution in [0, 0.1) is 11.8 Å². The van der Waals surface area contributed by atoms with Crippen LogP contribution in [0.1, 0.15) is 32.1 Å². The Morgan fingerprint density at radius 3 is 2.43 bits per heavy atom. The van der Waals surface area contributed by atoms with Crippen LogP contribution in [0.3, 0.4) is 0 Å². The fourth-order valence-corrected chi connectivity index (χ4v) is 3.85. The molecule has 0 radical (unpaired) electrons. The van der Waals surface area contributed by atoms with Crippen LogP contribution in [-0.4, -0.2) is 29.2 Å². The number of likely N-dealkylation sites (tertiary alicyclic amines) is 1. The molecule has 6 heteroatoms. The number of halogens is 1. The van der Waals surface area contributed by atoms with Gasteiger partial charge in [-0.15, -0.1) is 0 Å². The monoisotopic (exact) mass is 378 g/mol. The molecule has 2 aliphatic rings. The fourth-order valence-electron chi connectivity index (χ4n) is 3.45. The van der Waals surface area contributed by atoms with Gasteiger partial charge in [-0.1, -0.05) is 34.8 Å². The molecule has 0 unspecified atom stereocenters. The van der Waals surface area contributed by atoms with E-state index in [9.17, 15) is 14.4 Å². The molecule has 1 aliphatic carbocycles. The van der Waals surface area contributed by atoms with Crippen molar-refractivity contribution < 1.29 is 14.4 Å². The normalized spacial score (nSPS) is 23.8. The first-order valence-electron chi connectivity index (χ1n) is 7.97. The lowest BCUT2D eigenvalue weighted by Gasteiger charge is -2.19. The molecule has 0 spiro atoms. The van der Waals surface area contributed by atoms with Crippen LogP contribution in [0.2, 0.25) is 0 Å². The van der Waals surface area contributed by atoms with E-state index in [-0.39, 0.29) is 42.5 Å². The number of imide groups is 1. The van der Waals surface area contributed by atoms with Crippen LogP contribution in [0.4, 0.5) is 5.69 Å². The van der Waals surface area contributed by atoms with Crippen molar-refractivity contribution in [1.29, 1.82) is 0 Å². The molecule has 1 aromatic carbocycles. The Labute approximate surface area is 143 Å². The molecule has 1 aliphatic heterocycles. The molecule has 23 heavy (non-hydrogen) atoms. The van der Waals surface area contributed by atoms with Gasteiger partial charge in [0.2, 0.25) is 17.7 Å². The van der Waals surface area contributed by atoms with Crippen molar-refractivity contribution in [1.82, 2.24) is 4.90 Å². The lowest BCUT2D eigenvalue weighted by Crippen LogP contribution is -2.34. The molecule has 3 rings (SSSR count). The number of fused-ring (bicyclic) bond motifs is 1. The first-order chi connectivity index (χ1) is 11.1. The average Bonchev–Trinajstić information content (AvgIpc) is 2.77. The van der Waals surface area contributed by atoms with Gasteiger partial charge >= 0.3 is 0 Å². The van der Waals surface area contributed by atoms with Gasteiger partial charge < -0.3 is 5.32 Å². The standard InChI is InChI=1S/C17H19BrN2O3/c18-11-4-3-5-12(10-11)19-15(21)8-9-20-16(22)13-6-1-2-7-14(13)17(20)23/h3-5,10,13-14H,1-2,6-9H2,(H,19,21)/t13-,14+. The molecule has 5 nitrogen and oxygen atoms in total. The van der Waals surface area contributed by atoms with Gasteiger partial charge in [0, 0.05) is 23.1 Å². The second-order valence-corrected chi connectivity index (χ2v) is 7.05. The van der Waals surface area contributed by atoms with Gasteiger partial charge in [0.1, 0.15) is 0 Å². The Bertz CT molecular complexity index is 622. The minimum Gasteiger partial charge on any atom is -0.326 e. The van der Waals surface area contributed by atoms with Crippen molar-refractivity contribution in [2.75, 3.05) is 11.9 Å². The molecule has 1 heterocycles. The largest absolute Gasteiger partial charge is 0.326 e. The zero-order valence-corrected chi connectivity index (χ0v) is 14.3. The molecule has 2 fully saturated rings. The molecule has 1 saturated heterocycles. The Balaban J connectivity index is 1.56. The van der Waals surface area contributed by atoms with Gasteiger partial charge in [-0.2, -0.15) is 0 Å². The summed E-state index contributed by atoms with van der Waals surface area (Å²) in [5.74, 6) is -0.669. The van der Waals surface area contributed by atoms with E-state index in [2.05, 4.69) is 21.2 Å². The zero-order chi connectivity index (χ0) is 16.4. The highest BCUT2D eigenvalue weighted by Gasteiger charge is 2.47.